The van der Waals surface area contributed by atoms with Crippen LogP contribution in [0.15, 0.2) is 73.3 Å². The Hall–Kier alpha value is -2.47. The molecule has 2 aromatic carbocycles. The van der Waals surface area contributed by atoms with Crippen molar-refractivity contribution >= 4 is 5.97 Å². The van der Waals surface area contributed by atoms with Crippen molar-refractivity contribution in [2.45, 2.75) is 13.2 Å². The summed E-state index contributed by atoms with van der Waals surface area (Å²) in [6, 6.07) is 20.4. The van der Waals surface area contributed by atoms with Crippen molar-refractivity contribution in [3.8, 4) is 0 Å². The SMILES string of the molecule is C=CC(=O)O.OCCO.c1ccc(COCc2ccccc2)cc1. The summed E-state index contributed by atoms with van der Waals surface area (Å²) in [5.74, 6) is -0.981. The number of ether oxygens (including phenoxy) is 1. The molecule has 0 bridgehead atoms. The standard InChI is InChI=1S/C14H14O.C3H4O2.C2H6O2/c1-3-7-13(8-4-1)11-15-12-14-9-5-2-6-10-14;1-2-3(4)5;3-1-2-4/h1-10H,11-12H2;2H,1H2,(H,4,5);3-4H,1-2H2. The lowest BCUT2D eigenvalue weighted by molar-refractivity contribution is -0.131. The molecule has 0 saturated heterocycles. The maximum atomic E-state index is 9.25. The Morgan fingerprint density at radius 1 is 0.875 bits per heavy atom. The average molecular weight is 332 g/mol. The molecule has 0 aliphatic heterocycles. The van der Waals surface area contributed by atoms with Gasteiger partial charge in [-0.2, -0.15) is 0 Å². The monoisotopic (exact) mass is 332 g/mol. The zero-order valence-corrected chi connectivity index (χ0v) is 13.5. The number of carboxylic acid groups (broad SMARTS) is 1. The van der Waals surface area contributed by atoms with E-state index >= 15 is 0 Å². The second-order valence-electron chi connectivity index (χ2n) is 4.45. The van der Waals surface area contributed by atoms with Gasteiger partial charge in [0.2, 0.25) is 0 Å². The second-order valence-corrected chi connectivity index (χ2v) is 4.45. The number of carbonyl (C=O) groups is 1. The summed E-state index contributed by atoms with van der Waals surface area (Å²) in [5, 5.41) is 22.9. The Morgan fingerprint density at radius 3 is 1.46 bits per heavy atom. The van der Waals surface area contributed by atoms with E-state index < -0.39 is 5.97 Å². The molecule has 0 radical (unpaired) electrons. The number of hydrogen-bond donors (Lipinski definition) is 3. The van der Waals surface area contributed by atoms with Crippen LogP contribution in [0.1, 0.15) is 11.1 Å². The zero-order chi connectivity index (χ0) is 18.0. The van der Waals surface area contributed by atoms with Gasteiger partial charge in [0.25, 0.3) is 0 Å². The van der Waals surface area contributed by atoms with Gasteiger partial charge in [-0.1, -0.05) is 67.2 Å². The molecule has 3 N–H and O–H groups in total. The van der Waals surface area contributed by atoms with Gasteiger partial charge < -0.3 is 20.1 Å². The normalized spacial score (nSPS) is 8.92. The molecular formula is C19H24O5. The van der Waals surface area contributed by atoms with Crippen LogP contribution < -0.4 is 0 Å². The molecule has 24 heavy (non-hydrogen) atoms. The molecule has 2 rings (SSSR count). The first-order chi connectivity index (χ1) is 11.6. The minimum Gasteiger partial charge on any atom is -0.478 e. The fourth-order valence-corrected chi connectivity index (χ4v) is 1.44. The molecule has 0 aromatic heterocycles. The molecule has 0 aliphatic carbocycles. The Labute approximate surface area is 142 Å². The van der Waals surface area contributed by atoms with Crippen LogP contribution in [0.5, 0.6) is 0 Å². The third-order valence-corrected chi connectivity index (χ3v) is 2.50. The summed E-state index contributed by atoms with van der Waals surface area (Å²) in [4.78, 5) is 9.25. The molecule has 0 fully saturated rings. The van der Waals surface area contributed by atoms with Gasteiger partial charge >= 0.3 is 5.97 Å². The zero-order valence-electron chi connectivity index (χ0n) is 13.5. The number of aliphatic hydroxyl groups excluding tert-OH is 2. The van der Waals surface area contributed by atoms with E-state index in [1.165, 1.54) is 11.1 Å². The number of aliphatic hydroxyl groups is 2. The maximum Gasteiger partial charge on any atom is 0.327 e. The van der Waals surface area contributed by atoms with E-state index in [2.05, 4.69) is 30.8 Å². The quantitative estimate of drug-likeness (QED) is 0.708. The lowest BCUT2D eigenvalue weighted by atomic mass is 10.2. The minimum absolute atomic E-state index is 0.125. The molecule has 5 heteroatoms. The van der Waals surface area contributed by atoms with Gasteiger partial charge in [-0.05, 0) is 11.1 Å². The number of carboxylic acids is 1. The van der Waals surface area contributed by atoms with Crippen LogP contribution in [0.25, 0.3) is 0 Å². The highest BCUT2D eigenvalue weighted by Gasteiger charge is 1.93. The summed E-state index contributed by atoms with van der Waals surface area (Å²) in [7, 11) is 0. The topological polar surface area (TPSA) is 87.0 Å². The average Bonchev–Trinajstić information content (AvgIpc) is 2.64. The van der Waals surface area contributed by atoms with Crippen molar-refractivity contribution in [1.82, 2.24) is 0 Å². The highest BCUT2D eigenvalue weighted by Crippen LogP contribution is 2.05. The molecule has 0 saturated carbocycles. The van der Waals surface area contributed by atoms with Gasteiger partial charge in [0.05, 0.1) is 26.4 Å². The largest absolute Gasteiger partial charge is 0.478 e. The minimum atomic E-state index is -0.981. The molecule has 0 amide bonds. The van der Waals surface area contributed by atoms with Crippen molar-refractivity contribution < 1.29 is 24.9 Å². The van der Waals surface area contributed by atoms with Gasteiger partial charge in [-0.3, -0.25) is 0 Å². The van der Waals surface area contributed by atoms with Gasteiger partial charge in [-0.15, -0.1) is 0 Å². The Morgan fingerprint density at radius 2 is 1.21 bits per heavy atom. The van der Waals surface area contributed by atoms with Gasteiger partial charge in [0.15, 0.2) is 0 Å². The number of aliphatic carboxylic acids is 1. The Bertz CT molecular complexity index is 499. The number of hydrogen-bond acceptors (Lipinski definition) is 4. The van der Waals surface area contributed by atoms with Crippen LogP contribution in [0.2, 0.25) is 0 Å². The molecule has 0 unspecified atom stereocenters. The predicted octanol–water partition coefficient (Wildman–Crippen LogP) is 2.63. The van der Waals surface area contributed by atoms with Crippen molar-refractivity contribution in [2.24, 2.45) is 0 Å². The molecule has 0 spiro atoms. The van der Waals surface area contributed by atoms with Gasteiger partial charge in [-0.25, -0.2) is 4.79 Å². The van der Waals surface area contributed by atoms with Crippen LogP contribution in [0.3, 0.4) is 0 Å². The molecule has 5 nitrogen and oxygen atoms in total. The van der Waals surface area contributed by atoms with Crippen LogP contribution in [0, 0.1) is 0 Å². The van der Waals surface area contributed by atoms with Gasteiger partial charge in [0, 0.05) is 6.08 Å². The number of rotatable bonds is 6. The summed E-state index contributed by atoms with van der Waals surface area (Å²) < 4.78 is 5.61. The fourth-order valence-electron chi connectivity index (χ4n) is 1.44. The van der Waals surface area contributed by atoms with Crippen molar-refractivity contribution in [2.75, 3.05) is 13.2 Å². The summed E-state index contributed by atoms with van der Waals surface area (Å²) in [6.45, 7) is 4.06. The van der Waals surface area contributed by atoms with Crippen LogP contribution in [-0.4, -0.2) is 34.5 Å². The van der Waals surface area contributed by atoms with Crippen LogP contribution >= 0.6 is 0 Å². The Kier molecular flexibility index (Phi) is 13.8. The number of benzene rings is 2. The predicted molar refractivity (Wildman–Crippen MR) is 93.4 cm³/mol. The molecular weight excluding hydrogens is 308 g/mol. The summed E-state index contributed by atoms with van der Waals surface area (Å²) in [6.07, 6.45) is 0.833. The van der Waals surface area contributed by atoms with E-state index in [1.54, 1.807) is 0 Å². The molecule has 0 aliphatic rings. The molecule has 2 aromatic rings. The van der Waals surface area contributed by atoms with Crippen molar-refractivity contribution in [3.63, 3.8) is 0 Å². The molecule has 130 valence electrons. The van der Waals surface area contributed by atoms with E-state index in [0.29, 0.717) is 13.2 Å². The van der Waals surface area contributed by atoms with Crippen LogP contribution in [-0.2, 0) is 22.7 Å². The van der Waals surface area contributed by atoms with Crippen LogP contribution in [0.4, 0.5) is 0 Å². The molecule has 0 heterocycles. The summed E-state index contributed by atoms with van der Waals surface area (Å²) in [5.41, 5.74) is 2.43. The van der Waals surface area contributed by atoms with E-state index in [-0.39, 0.29) is 13.2 Å². The fraction of sp³-hybridized carbons (Fsp3) is 0.211. The third kappa shape index (κ3) is 13.2. The smallest absolute Gasteiger partial charge is 0.327 e. The highest BCUT2D eigenvalue weighted by molar-refractivity contribution is 5.78. The van der Waals surface area contributed by atoms with E-state index in [0.717, 1.165) is 6.08 Å². The van der Waals surface area contributed by atoms with Gasteiger partial charge in [0.1, 0.15) is 0 Å². The summed E-state index contributed by atoms with van der Waals surface area (Å²) >= 11 is 0. The second kappa shape index (κ2) is 15.4. The van der Waals surface area contributed by atoms with E-state index in [4.69, 9.17) is 20.1 Å². The van der Waals surface area contributed by atoms with E-state index in [1.807, 2.05) is 36.4 Å². The van der Waals surface area contributed by atoms with E-state index in [9.17, 15) is 4.79 Å². The molecule has 0 atom stereocenters. The lowest BCUT2D eigenvalue weighted by Gasteiger charge is -2.03. The maximum absolute atomic E-state index is 9.25. The first-order valence-electron chi connectivity index (χ1n) is 7.36. The first-order valence-corrected chi connectivity index (χ1v) is 7.36. The Balaban J connectivity index is 0.000000492. The highest BCUT2D eigenvalue weighted by atomic mass is 16.5. The third-order valence-electron chi connectivity index (χ3n) is 2.50. The van der Waals surface area contributed by atoms with Crippen molar-refractivity contribution in [3.05, 3.63) is 84.4 Å². The lowest BCUT2D eigenvalue weighted by Crippen LogP contribution is -1.93. The van der Waals surface area contributed by atoms with Crippen molar-refractivity contribution in [1.29, 1.82) is 0 Å². The first kappa shape index (κ1) is 21.5.